The Bertz CT molecular complexity index is 579. The molecule has 1 aliphatic rings. The number of nitrogens with one attached hydrogen (secondary N) is 1. The molecule has 3 rings (SSSR count). The highest BCUT2D eigenvalue weighted by atomic mass is 16.5. The fraction of sp³-hybridized carbons (Fsp3) is 0.467. The third-order valence-corrected chi connectivity index (χ3v) is 3.63. The van der Waals surface area contributed by atoms with Crippen molar-refractivity contribution in [1.29, 1.82) is 0 Å². The Hall–Kier alpha value is -1.88. The number of benzene rings is 1. The summed E-state index contributed by atoms with van der Waals surface area (Å²) in [7, 11) is 1.94. The first-order valence-electron chi connectivity index (χ1n) is 7.15. The van der Waals surface area contributed by atoms with Crippen molar-refractivity contribution in [1.82, 2.24) is 20.1 Å². The minimum atomic E-state index is 0.480. The molecule has 0 saturated heterocycles. The van der Waals surface area contributed by atoms with E-state index in [1.807, 2.05) is 25.2 Å². The third-order valence-electron chi connectivity index (χ3n) is 3.63. The lowest BCUT2D eigenvalue weighted by Gasteiger charge is -2.15. The zero-order chi connectivity index (χ0) is 13.8. The van der Waals surface area contributed by atoms with Crippen molar-refractivity contribution < 1.29 is 4.74 Å². The second-order valence-corrected chi connectivity index (χ2v) is 5.07. The van der Waals surface area contributed by atoms with Crippen molar-refractivity contribution >= 4 is 0 Å². The molecule has 0 atom stereocenters. The highest BCUT2D eigenvalue weighted by molar-refractivity contribution is 5.33. The summed E-state index contributed by atoms with van der Waals surface area (Å²) in [5.41, 5.74) is 1.16. The van der Waals surface area contributed by atoms with Gasteiger partial charge >= 0.3 is 0 Å². The van der Waals surface area contributed by atoms with Crippen LogP contribution in [-0.4, -0.2) is 21.8 Å². The predicted molar refractivity (Wildman–Crippen MR) is 76.5 cm³/mol. The molecule has 1 aromatic carbocycles. The van der Waals surface area contributed by atoms with Crippen LogP contribution in [0, 0.1) is 0 Å². The first-order chi connectivity index (χ1) is 9.88. The summed E-state index contributed by atoms with van der Waals surface area (Å²) < 4.78 is 8.14. The molecule has 5 heteroatoms. The summed E-state index contributed by atoms with van der Waals surface area (Å²) in [5, 5.41) is 11.7. The Labute approximate surface area is 119 Å². The second kappa shape index (κ2) is 6.05. The minimum absolute atomic E-state index is 0.480. The maximum Gasteiger partial charge on any atom is 0.171 e. The summed E-state index contributed by atoms with van der Waals surface area (Å²) in [4.78, 5) is 0. The monoisotopic (exact) mass is 272 g/mol. The average molecular weight is 272 g/mol. The highest BCUT2D eigenvalue weighted by Crippen LogP contribution is 2.20. The van der Waals surface area contributed by atoms with Crippen LogP contribution in [0.2, 0.25) is 0 Å². The summed E-state index contributed by atoms with van der Waals surface area (Å²) in [5.74, 6) is 2.94. The van der Waals surface area contributed by atoms with Crippen LogP contribution in [0.15, 0.2) is 24.3 Å². The minimum Gasteiger partial charge on any atom is -0.485 e. The van der Waals surface area contributed by atoms with Crippen molar-refractivity contribution in [2.75, 3.05) is 7.05 Å². The van der Waals surface area contributed by atoms with Crippen molar-refractivity contribution in [3.05, 3.63) is 41.5 Å². The van der Waals surface area contributed by atoms with Gasteiger partial charge in [0.1, 0.15) is 18.2 Å². The summed E-state index contributed by atoms with van der Waals surface area (Å²) in [6.07, 6.45) is 3.45. The van der Waals surface area contributed by atoms with Crippen LogP contribution in [0.4, 0.5) is 0 Å². The number of para-hydroxylation sites is 1. The molecule has 0 unspecified atom stereocenters. The van der Waals surface area contributed by atoms with Crippen LogP contribution in [-0.2, 0) is 26.1 Å². The quantitative estimate of drug-likeness (QED) is 0.903. The maximum absolute atomic E-state index is 5.94. The molecule has 0 amide bonds. The van der Waals surface area contributed by atoms with Crippen LogP contribution < -0.4 is 10.1 Å². The van der Waals surface area contributed by atoms with Crippen molar-refractivity contribution in [3.8, 4) is 5.75 Å². The molecule has 1 aliphatic heterocycles. The van der Waals surface area contributed by atoms with E-state index in [9.17, 15) is 0 Å². The lowest BCUT2D eigenvalue weighted by atomic mass is 10.2. The molecule has 0 spiro atoms. The van der Waals surface area contributed by atoms with Crippen molar-refractivity contribution in [2.45, 2.75) is 39.0 Å². The van der Waals surface area contributed by atoms with Gasteiger partial charge in [-0.3, -0.25) is 0 Å². The first kappa shape index (κ1) is 13.1. The predicted octanol–water partition coefficient (Wildman–Crippen LogP) is 1.91. The van der Waals surface area contributed by atoms with Gasteiger partial charge in [-0.2, -0.15) is 0 Å². The Morgan fingerprint density at radius 1 is 1.25 bits per heavy atom. The molecule has 20 heavy (non-hydrogen) atoms. The lowest BCUT2D eigenvalue weighted by molar-refractivity contribution is 0.283. The van der Waals surface area contributed by atoms with E-state index < -0.39 is 0 Å². The summed E-state index contributed by atoms with van der Waals surface area (Å²) in [6.45, 7) is 2.29. The number of ether oxygens (including phenoxy) is 1. The average Bonchev–Trinajstić information content (AvgIpc) is 2.90. The second-order valence-electron chi connectivity index (χ2n) is 5.07. The summed E-state index contributed by atoms with van der Waals surface area (Å²) in [6, 6.07) is 8.09. The van der Waals surface area contributed by atoms with Gasteiger partial charge in [0.15, 0.2) is 5.82 Å². The van der Waals surface area contributed by atoms with E-state index in [4.69, 9.17) is 4.74 Å². The van der Waals surface area contributed by atoms with Gasteiger partial charge in [0.25, 0.3) is 0 Å². The molecule has 1 aromatic heterocycles. The molecule has 106 valence electrons. The summed E-state index contributed by atoms with van der Waals surface area (Å²) >= 11 is 0. The molecule has 1 N–H and O–H groups in total. The van der Waals surface area contributed by atoms with E-state index in [-0.39, 0.29) is 0 Å². The normalized spacial score (nSPS) is 14.1. The van der Waals surface area contributed by atoms with Gasteiger partial charge in [-0.25, -0.2) is 0 Å². The first-order valence-corrected chi connectivity index (χ1v) is 7.15. The number of hydrogen-bond acceptors (Lipinski definition) is 4. The van der Waals surface area contributed by atoms with Gasteiger partial charge in [-0.1, -0.05) is 18.2 Å². The SMILES string of the molecule is CNCc1ccccc1OCc1nnc2n1CCCC2. The molecule has 0 fully saturated rings. The van der Waals surface area contributed by atoms with E-state index in [0.29, 0.717) is 6.61 Å². The molecule has 2 heterocycles. The van der Waals surface area contributed by atoms with E-state index in [1.165, 1.54) is 12.8 Å². The smallest absolute Gasteiger partial charge is 0.171 e. The zero-order valence-electron chi connectivity index (χ0n) is 11.8. The molecular formula is C15H20N4O. The molecular weight excluding hydrogens is 252 g/mol. The van der Waals surface area contributed by atoms with Crippen molar-refractivity contribution in [3.63, 3.8) is 0 Å². The largest absolute Gasteiger partial charge is 0.485 e. The van der Waals surface area contributed by atoms with E-state index in [1.54, 1.807) is 0 Å². The number of hydrogen-bond donors (Lipinski definition) is 1. The molecule has 0 aliphatic carbocycles. The molecule has 0 saturated carbocycles. The van der Waals surface area contributed by atoms with Crippen LogP contribution in [0.5, 0.6) is 5.75 Å². The van der Waals surface area contributed by atoms with Crippen LogP contribution in [0.25, 0.3) is 0 Å². The number of aromatic nitrogens is 3. The van der Waals surface area contributed by atoms with Gasteiger partial charge in [0.2, 0.25) is 0 Å². The van der Waals surface area contributed by atoms with Crippen molar-refractivity contribution in [2.24, 2.45) is 0 Å². The number of aryl methyl sites for hydroxylation is 1. The molecule has 0 radical (unpaired) electrons. The third kappa shape index (κ3) is 2.67. The fourth-order valence-corrected chi connectivity index (χ4v) is 2.60. The molecule has 0 bridgehead atoms. The van der Waals surface area contributed by atoms with E-state index in [0.717, 1.165) is 42.5 Å². The number of rotatable bonds is 5. The van der Waals surface area contributed by atoms with Crippen LogP contribution in [0.1, 0.15) is 30.1 Å². The Morgan fingerprint density at radius 3 is 3.05 bits per heavy atom. The standard InChI is InChI=1S/C15H20N4O/c1-16-10-12-6-2-3-7-13(12)20-11-15-18-17-14-8-4-5-9-19(14)15/h2-3,6-7,16H,4-5,8-11H2,1H3. The van der Waals surface area contributed by atoms with Gasteiger partial charge in [0, 0.05) is 25.1 Å². The van der Waals surface area contributed by atoms with E-state index >= 15 is 0 Å². The zero-order valence-corrected chi connectivity index (χ0v) is 11.8. The Morgan fingerprint density at radius 2 is 2.15 bits per heavy atom. The molecule has 2 aromatic rings. The van der Waals surface area contributed by atoms with Crippen LogP contribution in [0.3, 0.4) is 0 Å². The fourth-order valence-electron chi connectivity index (χ4n) is 2.60. The van der Waals surface area contributed by atoms with Gasteiger partial charge in [0.05, 0.1) is 0 Å². The topological polar surface area (TPSA) is 52.0 Å². The van der Waals surface area contributed by atoms with E-state index in [2.05, 4.69) is 26.1 Å². The van der Waals surface area contributed by atoms with Gasteiger partial charge in [-0.05, 0) is 26.0 Å². The highest BCUT2D eigenvalue weighted by Gasteiger charge is 2.16. The lowest BCUT2D eigenvalue weighted by Crippen LogP contribution is -2.15. The Balaban J connectivity index is 1.72. The number of fused-ring (bicyclic) bond motifs is 1. The number of nitrogens with zero attached hydrogens (tertiary/aromatic N) is 3. The Kier molecular flexibility index (Phi) is 3.97. The maximum atomic E-state index is 5.94. The molecule has 5 nitrogen and oxygen atoms in total. The van der Waals surface area contributed by atoms with Gasteiger partial charge in [-0.15, -0.1) is 10.2 Å². The van der Waals surface area contributed by atoms with Gasteiger partial charge < -0.3 is 14.6 Å². The van der Waals surface area contributed by atoms with Crippen LogP contribution >= 0.6 is 0 Å².